The fraction of sp³-hybridized carbons (Fsp3) is 0.857. The average molecular weight is 317 g/mol. The van der Waals surface area contributed by atoms with Gasteiger partial charge in [0.2, 0.25) is 5.91 Å². The molecule has 1 atom stereocenters. The highest BCUT2D eigenvalue weighted by Crippen LogP contribution is 2.35. The van der Waals surface area contributed by atoms with Gasteiger partial charge in [-0.3, -0.25) is 4.79 Å². The second kappa shape index (κ2) is 7.07. The van der Waals surface area contributed by atoms with E-state index in [1.807, 2.05) is 23.5 Å². The molecule has 2 fully saturated rings. The first-order chi connectivity index (χ1) is 9.56. The van der Waals surface area contributed by atoms with Crippen LogP contribution in [0.4, 0.5) is 0 Å². The number of carbonyl (C=O) groups is 2. The Morgan fingerprint density at radius 3 is 2.50 bits per heavy atom. The number of aliphatic carboxylic acids is 1. The minimum atomic E-state index is -0.957. The van der Waals surface area contributed by atoms with E-state index in [2.05, 4.69) is 0 Å². The number of amides is 1. The number of likely N-dealkylation sites (N-methyl/N-ethyl adjacent to an activating group) is 1. The van der Waals surface area contributed by atoms with Crippen molar-refractivity contribution >= 4 is 35.4 Å². The van der Waals surface area contributed by atoms with Gasteiger partial charge in [0, 0.05) is 36.0 Å². The lowest BCUT2D eigenvalue weighted by Gasteiger charge is -2.41. The zero-order valence-corrected chi connectivity index (χ0v) is 13.6. The zero-order chi connectivity index (χ0) is 14.6. The summed E-state index contributed by atoms with van der Waals surface area (Å²) < 4.78 is 0. The third-order valence-corrected chi connectivity index (χ3v) is 7.23. The number of carbonyl (C=O) groups excluding carboxylic acids is 1. The lowest BCUT2D eigenvalue weighted by atomic mass is 9.80. The smallest absolute Gasteiger partial charge is 0.329 e. The van der Waals surface area contributed by atoms with Crippen LogP contribution >= 0.6 is 23.5 Å². The molecule has 0 radical (unpaired) electrons. The molecule has 0 aromatic rings. The molecule has 0 spiro atoms. The van der Waals surface area contributed by atoms with Crippen LogP contribution in [0, 0.1) is 0 Å². The highest BCUT2D eigenvalue weighted by Gasteiger charge is 2.45. The van der Waals surface area contributed by atoms with Crippen LogP contribution in [-0.4, -0.2) is 57.0 Å². The molecule has 2 rings (SSSR count). The molecule has 1 saturated carbocycles. The molecule has 1 aliphatic heterocycles. The van der Waals surface area contributed by atoms with Crippen LogP contribution in [0.25, 0.3) is 0 Å². The predicted octanol–water partition coefficient (Wildman–Crippen LogP) is 2.47. The summed E-state index contributed by atoms with van der Waals surface area (Å²) in [5, 5.41) is 9.96. The Morgan fingerprint density at radius 2 is 1.95 bits per heavy atom. The van der Waals surface area contributed by atoms with Crippen LogP contribution in [0.2, 0.25) is 0 Å². The van der Waals surface area contributed by atoms with Crippen LogP contribution in [-0.2, 0) is 9.59 Å². The Kier molecular flexibility index (Phi) is 5.66. The Bertz CT molecular complexity index is 363. The normalized spacial score (nSPS) is 25.9. The zero-order valence-electron chi connectivity index (χ0n) is 12.0. The number of thioether (sulfide) groups is 2. The molecule has 2 aliphatic rings. The second-order valence-corrected chi connectivity index (χ2v) is 8.18. The molecule has 4 nitrogen and oxygen atoms in total. The number of nitrogens with zero attached hydrogens (tertiary/aromatic N) is 1. The standard InChI is InChI=1S/C14H23NO3S2/c1-15(12(16)9-11-10-19-7-8-20-11)14(13(17)18)5-3-2-4-6-14/h11H,2-10H2,1H3,(H,17,18). The van der Waals surface area contributed by atoms with Gasteiger partial charge in [0.1, 0.15) is 5.54 Å². The Morgan fingerprint density at radius 1 is 1.25 bits per heavy atom. The van der Waals surface area contributed by atoms with Crippen molar-refractivity contribution in [1.82, 2.24) is 4.90 Å². The average Bonchev–Trinajstić information content (AvgIpc) is 2.48. The van der Waals surface area contributed by atoms with Crippen molar-refractivity contribution in [3.63, 3.8) is 0 Å². The lowest BCUT2D eigenvalue weighted by molar-refractivity contribution is -0.160. The number of rotatable bonds is 4. The van der Waals surface area contributed by atoms with Gasteiger partial charge in [0.05, 0.1) is 0 Å². The monoisotopic (exact) mass is 317 g/mol. The van der Waals surface area contributed by atoms with Crippen molar-refractivity contribution in [2.75, 3.05) is 24.3 Å². The molecule has 6 heteroatoms. The van der Waals surface area contributed by atoms with E-state index in [-0.39, 0.29) is 5.91 Å². The molecule has 1 heterocycles. The quantitative estimate of drug-likeness (QED) is 0.863. The predicted molar refractivity (Wildman–Crippen MR) is 84.4 cm³/mol. The second-order valence-electron chi connectivity index (χ2n) is 5.62. The van der Waals surface area contributed by atoms with Gasteiger partial charge < -0.3 is 10.0 Å². The maximum absolute atomic E-state index is 12.5. The van der Waals surface area contributed by atoms with E-state index in [0.717, 1.165) is 36.5 Å². The first kappa shape index (κ1) is 16.0. The van der Waals surface area contributed by atoms with E-state index >= 15 is 0 Å². The molecule has 0 aromatic heterocycles. The molecular formula is C14H23NO3S2. The van der Waals surface area contributed by atoms with Crippen LogP contribution in [0.15, 0.2) is 0 Å². The summed E-state index contributed by atoms with van der Waals surface area (Å²) >= 11 is 3.74. The third kappa shape index (κ3) is 3.45. The summed E-state index contributed by atoms with van der Waals surface area (Å²) in [6, 6.07) is 0. The summed E-state index contributed by atoms with van der Waals surface area (Å²) in [5.74, 6) is 2.42. The van der Waals surface area contributed by atoms with E-state index in [4.69, 9.17) is 0 Å². The summed E-state index contributed by atoms with van der Waals surface area (Å²) in [5.41, 5.74) is -0.957. The molecule has 20 heavy (non-hydrogen) atoms. The number of carboxylic acid groups (broad SMARTS) is 1. The van der Waals surface area contributed by atoms with Crippen molar-refractivity contribution in [3.8, 4) is 0 Å². The minimum Gasteiger partial charge on any atom is -0.479 e. The Balaban J connectivity index is 2.01. The molecule has 1 saturated heterocycles. The van der Waals surface area contributed by atoms with Crippen LogP contribution < -0.4 is 0 Å². The minimum absolute atomic E-state index is 0.00528. The molecule has 1 unspecified atom stereocenters. The van der Waals surface area contributed by atoms with Crippen molar-refractivity contribution in [3.05, 3.63) is 0 Å². The fourth-order valence-electron chi connectivity index (χ4n) is 3.05. The van der Waals surface area contributed by atoms with Crippen molar-refractivity contribution in [2.24, 2.45) is 0 Å². The molecule has 0 bridgehead atoms. The van der Waals surface area contributed by atoms with Gasteiger partial charge in [-0.1, -0.05) is 19.3 Å². The van der Waals surface area contributed by atoms with Crippen LogP contribution in [0.3, 0.4) is 0 Å². The van der Waals surface area contributed by atoms with E-state index in [1.165, 1.54) is 4.90 Å². The van der Waals surface area contributed by atoms with Crippen LogP contribution in [0.1, 0.15) is 38.5 Å². The van der Waals surface area contributed by atoms with Crippen LogP contribution in [0.5, 0.6) is 0 Å². The van der Waals surface area contributed by atoms with Gasteiger partial charge in [-0.25, -0.2) is 4.79 Å². The highest BCUT2D eigenvalue weighted by molar-refractivity contribution is 8.06. The molecule has 114 valence electrons. The molecule has 1 N–H and O–H groups in total. The van der Waals surface area contributed by atoms with Gasteiger partial charge in [0.15, 0.2) is 0 Å². The van der Waals surface area contributed by atoms with Crippen molar-refractivity contribution in [2.45, 2.75) is 49.3 Å². The molecule has 0 aromatic carbocycles. The molecular weight excluding hydrogens is 294 g/mol. The highest BCUT2D eigenvalue weighted by atomic mass is 32.2. The van der Waals surface area contributed by atoms with E-state index < -0.39 is 11.5 Å². The Hall–Kier alpha value is -0.360. The van der Waals surface area contributed by atoms with Gasteiger partial charge in [-0.15, -0.1) is 0 Å². The third-order valence-electron chi connectivity index (χ3n) is 4.38. The summed E-state index contributed by atoms with van der Waals surface area (Å²) in [7, 11) is 1.68. The van der Waals surface area contributed by atoms with E-state index in [0.29, 0.717) is 24.5 Å². The topological polar surface area (TPSA) is 57.6 Å². The summed E-state index contributed by atoms with van der Waals surface area (Å²) in [6.07, 6.45) is 4.54. The SMILES string of the molecule is CN(C(=O)CC1CSCCS1)C1(C(=O)O)CCCCC1. The Labute approximate surface area is 129 Å². The summed E-state index contributed by atoms with van der Waals surface area (Å²) in [4.78, 5) is 25.7. The number of hydrogen-bond acceptors (Lipinski definition) is 4. The molecule has 1 amide bonds. The van der Waals surface area contributed by atoms with E-state index in [9.17, 15) is 14.7 Å². The van der Waals surface area contributed by atoms with E-state index in [1.54, 1.807) is 7.05 Å². The fourth-order valence-corrected chi connectivity index (χ4v) is 5.73. The maximum Gasteiger partial charge on any atom is 0.329 e. The van der Waals surface area contributed by atoms with Crippen molar-refractivity contribution < 1.29 is 14.7 Å². The maximum atomic E-state index is 12.5. The first-order valence-corrected chi connectivity index (χ1v) is 9.46. The molecule has 1 aliphatic carbocycles. The van der Waals surface area contributed by atoms with Crippen molar-refractivity contribution in [1.29, 1.82) is 0 Å². The lowest BCUT2D eigenvalue weighted by Crippen LogP contribution is -2.56. The number of carboxylic acids is 1. The van der Waals surface area contributed by atoms with Gasteiger partial charge >= 0.3 is 5.97 Å². The summed E-state index contributed by atoms with van der Waals surface area (Å²) in [6.45, 7) is 0. The van der Waals surface area contributed by atoms with Gasteiger partial charge in [0.25, 0.3) is 0 Å². The first-order valence-electron chi connectivity index (χ1n) is 7.26. The van der Waals surface area contributed by atoms with Gasteiger partial charge in [-0.2, -0.15) is 23.5 Å². The van der Waals surface area contributed by atoms with Gasteiger partial charge in [-0.05, 0) is 12.8 Å². The number of hydrogen-bond donors (Lipinski definition) is 1. The largest absolute Gasteiger partial charge is 0.479 e.